The van der Waals surface area contributed by atoms with Crippen LogP contribution in [0.15, 0.2) is 28.7 Å². The van der Waals surface area contributed by atoms with Crippen molar-refractivity contribution in [2.24, 2.45) is 0 Å². The van der Waals surface area contributed by atoms with E-state index in [-0.39, 0.29) is 0 Å². The van der Waals surface area contributed by atoms with Crippen LogP contribution >= 0.6 is 15.9 Å². The van der Waals surface area contributed by atoms with Crippen molar-refractivity contribution in [2.75, 3.05) is 0 Å². The molecule has 0 aliphatic rings. The summed E-state index contributed by atoms with van der Waals surface area (Å²) in [5.74, 6) is 0. The van der Waals surface area contributed by atoms with Crippen LogP contribution < -0.4 is 3.58 Å². The molecule has 0 unspecified atom stereocenters. The molecule has 0 aromatic heterocycles. The van der Waals surface area contributed by atoms with E-state index in [1.54, 1.807) is 3.58 Å². The van der Waals surface area contributed by atoms with Gasteiger partial charge in [0.15, 0.2) is 0 Å². The molecule has 0 N–H and O–H groups in total. The van der Waals surface area contributed by atoms with E-state index in [1.165, 1.54) is 4.47 Å². The molecule has 0 aliphatic carbocycles. The van der Waals surface area contributed by atoms with Gasteiger partial charge in [-0.05, 0) is 0 Å². The molecule has 60 valence electrons. The van der Waals surface area contributed by atoms with Gasteiger partial charge in [-0.1, -0.05) is 0 Å². The van der Waals surface area contributed by atoms with Gasteiger partial charge in [0.05, 0.1) is 0 Å². The minimum absolute atomic E-state index is 1.21. The Hall–Kier alpha value is 0.499. The molecule has 0 heterocycles. The third kappa shape index (κ3) is 2.79. The van der Waals surface area contributed by atoms with Gasteiger partial charge in [-0.2, -0.15) is 0 Å². The third-order valence-electron chi connectivity index (χ3n) is 1.69. The predicted octanol–water partition coefficient (Wildman–Crippen LogP) is 2.99. The molecule has 0 fully saturated rings. The molecule has 1 aromatic rings. The zero-order valence-electron chi connectivity index (χ0n) is 7.19. The summed E-state index contributed by atoms with van der Waals surface area (Å²) in [5, 5.41) is 0. The molecule has 0 radical (unpaired) electrons. The van der Waals surface area contributed by atoms with Crippen LogP contribution in [0.1, 0.15) is 0 Å². The number of hydrogen-bond acceptors (Lipinski definition) is 0. The van der Waals surface area contributed by atoms with Gasteiger partial charge in [0.1, 0.15) is 0 Å². The zero-order chi connectivity index (χ0) is 8.48. The van der Waals surface area contributed by atoms with E-state index >= 15 is 0 Å². The van der Waals surface area contributed by atoms with Crippen LogP contribution in [0.3, 0.4) is 0 Å². The summed E-state index contributed by atoms with van der Waals surface area (Å²) in [6, 6.07) is 8.72. The Bertz CT molecular complexity index is 250. The van der Waals surface area contributed by atoms with E-state index in [1.807, 2.05) is 0 Å². The topological polar surface area (TPSA) is 0 Å². The summed E-state index contributed by atoms with van der Waals surface area (Å²) >= 11 is 1.70. The van der Waals surface area contributed by atoms with Crippen LogP contribution in [0.5, 0.6) is 0 Å². The standard InChI is InChI=1S/C6H4Br.3CH3.Sn/c7-6-4-2-1-3-5-6;;;;/h1-2,4-5H;3*1H3;. The molecule has 0 amide bonds. The molecule has 0 saturated heterocycles. The minimum atomic E-state index is -1.79. The van der Waals surface area contributed by atoms with Crippen molar-refractivity contribution in [3.05, 3.63) is 28.7 Å². The molecule has 0 spiro atoms. The number of halogens is 1. The molecule has 0 bridgehead atoms. The Morgan fingerprint density at radius 3 is 2.18 bits per heavy atom. The summed E-state index contributed by atoms with van der Waals surface area (Å²) in [4.78, 5) is 7.28. The van der Waals surface area contributed by atoms with Crippen LogP contribution in [-0.4, -0.2) is 18.4 Å². The summed E-state index contributed by atoms with van der Waals surface area (Å²) in [5.41, 5.74) is 0. The van der Waals surface area contributed by atoms with Gasteiger partial charge in [-0.15, -0.1) is 0 Å². The van der Waals surface area contributed by atoms with Crippen LogP contribution in [0.25, 0.3) is 0 Å². The Morgan fingerprint density at radius 2 is 1.82 bits per heavy atom. The normalized spacial score (nSPS) is 11.6. The molecule has 2 heteroatoms. The van der Waals surface area contributed by atoms with Crippen LogP contribution in [0.2, 0.25) is 14.8 Å². The first kappa shape index (κ1) is 9.59. The Kier molecular flexibility index (Phi) is 3.03. The average Bonchev–Trinajstić information content (AvgIpc) is 1.86. The second-order valence-corrected chi connectivity index (χ2v) is 19.2. The zero-order valence-corrected chi connectivity index (χ0v) is 11.6. The molecular weight excluding hydrogens is 307 g/mol. The van der Waals surface area contributed by atoms with E-state index in [2.05, 4.69) is 55.0 Å². The summed E-state index contributed by atoms with van der Waals surface area (Å²) in [6.07, 6.45) is 0. The van der Waals surface area contributed by atoms with Crippen molar-refractivity contribution in [1.82, 2.24) is 0 Å². The SMILES string of the molecule is [CH3][Sn]([CH3])([CH3])[c]1cccc(Br)c1. The van der Waals surface area contributed by atoms with E-state index in [0.29, 0.717) is 0 Å². The molecule has 0 saturated carbocycles. The van der Waals surface area contributed by atoms with Crippen LogP contribution in [0, 0.1) is 0 Å². The van der Waals surface area contributed by atoms with Crippen molar-refractivity contribution in [3.63, 3.8) is 0 Å². The van der Waals surface area contributed by atoms with Gasteiger partial charge in [-0.25, -0.2) is 0 Å². The Labute approximate surface area is 81.0 Å². The first-order valence-corrected chi connectivity index (χ1v) is 14.5. The maximum atomic E-state index is 3.49. The fraction of sp³-hybridized carbons (Fsp3) is 0.333. The van der Waals surface area contributed by atoms with Gasteiger partial charge in [0.2, 0.25) is 0 Å². The van der Waals surface area contributed by atoms with Gasteiger partial charge < -0.3 is 0 Å². The van der Waals surface area contributed by atoms with Crippen LogP contribution in [-0.2, 0) is 0 Å². The first-order chi connectivity index (χ1) is 5.00. The van der Waals surface area contributed by atoms with Crippen LogP contribution in [0.4, 0.5) is 0 Å². The quantitative estimate of drug-likeness (QED) is 0.698. The molecule has 0 nitrogen and oxygen atoms in total. The van der Waals surface area contributed by atoms with Crippen molar-refractivity contribution in [1.29, 1.82) is 0 Å². The number of benzene rings is 1. The van der Waals surface area contributed by atoms with E-state index in [9.17, 15) is 0 Å². The number of hydrogen-bond donors (Lipinski definition) is 0. The fourth-order valence-corrected chi connectivity index (χ4v) is 5.34. The summed E-state index contributed by atoms with van der Waals surface area (Å²) in [7, 11) is 0. The van der Waals surface area contributed by atoms with Crippen molar-refractivity contribution in [2.45, 2.75) is 14.8 Å². The van der Waals surface area contributed by atoms with Crippen molar-refractivity contribution < 1.29 is 0 Å². The predicted molar refractivity (Wildman–Crippen MR) is 57.1 cm³/mol. The third-order valence-corrected chi connectivity index (χ3v) is 8.01. The Balaban J connectivity index is 3.06. The first-order valence-electron chi connectivity index (χ1n) is 3.76. The number of rotatable bonds is 1. The molecule has 0 aliphatic heterocycles. The van der Waals surface area contributed by atoms with Gasteiger partial charge in [0, 0.05) is 0 Å². The fourth-order valence-electron chi connectivity index (χ4n) is 0.955. The van der Waals surface area contributed by atoms with Gasteiger partial charge in [-0.3, -0.25) is 0 Å². The van der Waals surface area contributed by atoms with Gasteiger partial charge >= 0.3 is 81.4 Å². The molecule has 1 aromatic carbocycles. The van der Waals surface area contributed by atoms with E-state index in [4.69, 9.17) is 0 Å². The monoisotopic (exact) mass is 320 g/mol. The summed E-state index contributed by atoms with van der Waals surface area (Å²) < 4.78 is 2.79. The summed E-state index contributed by atoms with van der Waals surface area (Å²) in [6.45, 7) is 0. The van der Waals surface area contributed by atoms with Gasteiger partial charge in [0.25, 0.3) is 0 Å². The maximum absolute atomic E-state index is 3.49. The van der Waals surface area contributed by atoms with Crippen molar-refractivity contribution >= 4 is 37.9 Å². The van der Waals surface area contributed by atoms with E-state index < -0.39 is 18.4 Å². The molecule has 1 rings (SSSR count). The van der Waals surface area contributed by atoms with Crippen molar-refractivity contribution in [3.8, 4) is 0 Å². The Morgan fingerprint density at radius 1 is 1.18 bits per heavy atom. The van der Waals surface area contributed by atoms with E-state index in [0.717, 1.165) is 0 Å². The molecular formula is C9H13BrSn. The second-order valence-electron chi connectivity index (χ2n) is 3.76. The molecule has 11 heavy (non-hydrogen) atoms. The molecule has 0 atom stereocenters. The second kappa shape index (κ2) is 3.48. The average molecular weight is 320 g/mol.